The Labute approximate surface area is 229 Å². The number of hydrogen-bond acceptors (Lipinski definition) is 4. The van der Waals surface area contributed by atoms with Crippen LogP contribution in [-0.2, 0) is 25.8 Å². The van der Waals surface area contributed by atoms with Crippen LogP contribution in [0.4, 0.5) is 0 Å². The first kappa shape index (κ1) is 26.4. The fraction of sp³-hybridized carbons (Fsp3) is 0.312. The highest BCUT2D eigenvalue weighted by Gasteiger charge is 2.17. The average molecular weight is 521 g/mol. The molecule has 0 unspecified atom stereocenters. The van der Waals surface area contributed by atoms with Crippen molar-refractivity contribution >= 4 is 0 Å². The number of nitrogens with one attached hydrogen (secondary N) is 1. The average Bonchev–Trinajstić information content (AvgIpc) is 3.62. The van der Waals surface area contributed by atoms with E-state index in [4.69, 9.17) is 0 Å². The molecule has 0 saturated carbocycles. The van der Waals surface area contributed by atoms with Gasteiger partial charge in [0.1, 0.15) is 0 Å². The molecule has 0 aliphatic rings. The molecule has 7 heteroatoms. The maximum absolute atomic E-state index is 13.9. The quantitative estimate of drug-likeness (QED) is 0.205. The summed E-state index contributed by atoms with van der Waals surface area (Å²) in [4.78, 5) is 13.9. The minimum absolute atomic E-state index is 0.0311. The summed E-state index contributed by atoms with van der Waals surface area (Å²) in [6.07, 6.45) is 8.12. The number of para-hydroxylation sites is 1. The van der Waals surface area contributed by atoms with Gasteiger partial charge in [0.2, 0.25) is 5.82 Å². The molecule has 7 nitrogen and oxygen atoms in total. The fourth-order valence-electron chi connectivity index (χ4n) is 5.31. The van der Waals surface area contributed by atoms with Gasteiger partial charge in [-0.3, -0.25) is 9.13 Å². The monoisotopic (exact) mass is 520 g/mol. The molecule has 3 aromatic carbocycles. The number of imidazole rings is 1. The normalized spacial score (nSPS) is 11.3. The van der Waals surface area contributed by atoms with E-state index in [9.17, 15) is 4.79 Å². The Hall–Kier alpha value is -4.26. The van der Waals surface area contributed by atoms with E-state index in [2.05, 4.69) is 96.1 Å². The van der Waals surface area contributed by atoms with Gasteiger partial charge < -0.3 is 0 Å². The van der Waals surface area contributed by atoms with E-state index >= 15 is 0 Å². The Morgan fingerprint density at radius 1 is 0.821 bits per heavy atom. The van der Waals surface area contributed by atoms with Crippen molar-refractivity contribution in [1.29, 1.82) is 0 Å². The highest BCUT2D eigenvalue weighted by molar-refractivity contribution is 5.80. The molecule has 2 aromatic heterocycles. The number of aromatic nitrogens is 6. The number of benzene rings is 3. The van der Waals surface area contributed by atoms with E-state index in [0.717, 1.165) is 72.2 Å². The molecule has 200 valence electrons. The van der Waals surface area contributed by atoms with Crippen LogP contribution in [0.3, 0.4) is 0 Å². The summed E-state index contributed by atoms with van der Waals surface area (Å²) < 4.78 is 3.86. The van der Waals surface area contributed by atoms with Crippen LogP contribution in [0.15, 0.2) is 77.7 Å². The van der Waals surface area contributed by atoms with E-state index in [1.807, 2.05) is 27.3 Å². The summed E-state index contributed by atoms with van der Waals surface area (Å²) in [5.74, 6) is 0.568. The van der Waals surface area contributed by atoms with Gasteiger partial charge in [-0.2, -0.15) is 5.21 Å². The first-order valence-electron chi connectivity index (χ1n) is 14.0. The zero-order valence-electron chi connectivity index (χ0n) is 23.0. The predicted molar refractivity (Wildman–Crippen MR) is 156 cm³/mol. The summed E-state index contributed by atoms with van der Waals surface area (Å²) in [6.45, 7) is 7.05. The largest absolute Gasteiger partial charge is 0.333 e. The summed E-state index contributed by atoms with van der Waals surface area (Å²) in [5, 5.41) is 14.6. The van der Waals surface area contributed by atoms with E-state index in [1.54, 1.807) is 0 Å². The van der Waals surface area contributed by atoms with Crippen molar-refractivity contribution in [3.8, 4) is 28.2 Å². The van der Waals surface area contributed by atoms with Crippen molar-refractivity contribution in [3.05, 3.63) is 106 Å². The van der Waals surface area contributed by atoms with Gasteiger partial charge in [0.15, 0.2) is 0 Å². The molecule has 5 rings (SSSR count). The van der Waals surface area contributed by atoms with Crippen molar-refractivity contribution in [1.82, 2.24) is 29.8 Å². The highest BCUT2D eigenvalue weighted by atomic mass is 16.1. The molecule has 0 spiro atoms. The highest BCUT2D eigenvalue weighted by Crippen LogP contribution is 2.30. The maximum Gasteiger partial charge on any atom is 0.333 e. The summed E-state index contributed by atoms with van der Waals surface area (Å²) >= 11 is 0. The topological polar surface area (TPSA) is 81.4 Å². The second-order valence-electron chi connectivity index (χ2n) is 9.93. The lowest BCUT2D eigenvalue weighted by molar-refractivity contribution is 0.653. The molecule has 0 aliphatic heterocycles. The van der Waals surface area contributed by atoms with Crippen LogP contribution < -0.4 is 5.69 Å². The third kappa shape index (κ3) is 5.48. The Morgan fingerprint density at radius 3 is 2.18 bits per heavy atom. The van der Waals surface area contributed by atoms with E-state index in [0.29, 0.717) is 12.4 Å². The Kier molecular flexibility index (Phi) is 8.16. The Morgan fingerprint density at radius 2 is 1.54 bits per heavy atom. The van der Waals surface area contributed by atoms with Crippen molar-refractivity contribution in [3.63, 3.8) is 0 Å². The first-order valence-corrected chi connectivity index (χ1v) is 14.0. The van der Waals surface area contributed by atoms with Crippen molar-refractivity contribution in [2.75, 3.05) is 0 Å². The van der Waals surface area contributed by atoms with E-state index in [1.165, 1.54) is 11.1 Å². The van der Waals surface area contributed by atoms with Crippen LogP contribution in [0.5, 0.6) is 0 Å². The smallest absolute Gasteiger partial charge is 0.292 e. The van der Waals surface area contributed by atoms with Crippen LogP contribution in [0.2, 0.25) is 0 Å². The van der Waals surface area contributed by atoms with Crippen LogP contribution in [0, 0.1) is 0 Å². The lowest BCUT2D eigenvalue weighted by atomic mass is 9.98. The van der Waals surface area contributed by atoms with Gasteiger partial charge in [-0.1, -0.05) is 100 Å². The maximum atomic E-state index is 13.9. The molecule has 5 aromatic rings. The number of nitrogens with zero attached hydrogens (tertiary/aromatic N) is 5. The van der Waals surface area contributed by atoms with Gasteiger partial charge in [-0.05, 0) is 58.7 Å². The Bertz CT molecular complexity index is 1560. The van der Waals surface area contributed by atoms with Gasteiger partial charge in [0, 0.05) is 17.5 Å². The van der Waals surface area contributed by atoms with Crippen LogP contribution >= 0.6 is 0 Å². The van der Waals surface area contributed by atoms with Gasteiger partial charge in [0.05, 0.1) is 12.2 Å². The lowest BCUT2D eigenvalue weighted by Crippen LogP contribution is -2.26. The summed E-state index contributed by atoms with van der Waals surface area (Å²) in [5.41, 5.74) is 8.71. The SMILES string of the molecule is CCCCCc1cn(-c2c(CC)cccc2CC)c(=O)n1Cc1ccc(-c2ccccc2-c2nn[nH]n2)cc1. The zero-order valence-corrected chi connectivity index (χ0v) is 23.0. The van der Waals surface area contributed by atoms with E-state index < -0.39 is 0 Å². The standard InChI is InChI=1S/C32H36N6O/c1-4-7-8-14-27-22-38(30-24(5-2)12-11-13-25(30)6-3)32(39)37(27)21-23-17-19-26(20-18-23)28-15-9-10-16-29(28)31-33-35-36-34-31/h9-13,15-20,22H,4-8,14,21H2,1-3H3,(H,33,34,35,36). The van der Waals surface area contributed by atoms with Gasteiger partial charge in [0.25, 0.3) is 0 Å². The minimum atomic E-state index is 0.0311. The minimum Gasteiger partial charge on any atom is -0.292 e. The van der Waals surface area contributed by atoms with Crippen molar-refractivity contribution < 1.29 is 0 Å². The number of hydrogen-bond donors (Lipinski definition) is 1. The number of aryl methyl sites for hydroxylation is 3. The van der Waals surface area contributed by atoms with Crippen LogP contribution in [0.1, 0.15) is 62.4 Å². The first-order chi connectivity index (χ1) is 19.1. The second kappa shape index (κ2) is 12.1. The molecular weight excluding hydrogens is 484 g/mol. The zero-order chi connectivity index (χ0) is 27.2. The predicted octanol–water partition coefficient (Wildman–Crippen LogP) is 6.39. The lowest BCUT2D eigenvalue weighted by Gasteiger charge is -2.13. The summed E-state index contributed by atoms with van der Waals surface area (Å²) in [6, 6.07) is 22.9. The van der Waals surface area contributed by atoms with Crippen molar-refractivity contribution in [2.24, 2.45) is 0 Å². The number of tetrazole rings is 1. The fourth-order valence-corrected chi connectivity index (χ4v) is 5.31. The molecule has 0 radical (unpaired) electrons. The molecule has 39 heavy (non-hydrogen) atoms. The third-order valence-electron chi connectivity index (χ3n) is 7.42. The molecule has 0 fully saturated rings. The number of H-pyrrole nitrogens is 1. The molecule has 2 heterocycles. The van der Waals surface area contributed by atoms with Crippen LogP contribution in [0.25, 0.3) is 28.2 Å². The van der Waals surface area contributed by atoms with Gasteiger partial charge in [-0.15, -0.1) is 10.2 Å². The van der Waals surface area contributed by atoms with Gasteiger partial charge >= 0.3 is 5.69 Å². The molecule has 0 saturated heterocycles. The number of rotatable bonds is 11. The molecule has 0 amide bonds. The second-order valence-corrected chi connectivity index (χ2v) is 9.93. The summed E-state index contributed by atoms with van der Waals surface area (Å²) in [7, 11) is 0. The van der Waals surface area contributed by atoms with Gasteiger partial charge in [-0.25, -0.2) is 4.79 Å². The molecule has 0 aliphatic carbocycles. The number of aromatic amines is 1. The van der Waals surface area contributed by atoms with Crippen molar-refractivity contribution in [2.45, 2.75) is 65.8 Å². The molecular formula is C32H36N6O. The third-order valence-corrected chi connectivity index (χ3v) is 7.42. The number of unbranched alkanes of at least 4 members (excludes halogenated alkanes) is 2. The van der Waals surface area contributed by atoms with Crippen LogP contribution in [-0.4, -0.2) is 29.8 Å². The molecule has 0 atom stereocenters. The Balaban J connectivity index is 1.50. The molecule has 0 bridgehead atoms. The molecule has 1 N–H and O–H groups in total. The van der Waals surface area contributed by atoms with E-state index in [-0.39, 0.29) is 5.69 Å².